The van der Waals surface area contributed by atoms with Crippen LogP contribution in [0.4, 0.5) is 0 Å². The van der Waals surface area contributed by atoms with Crippen LogP contribution in [0.15, 0.2) is 22.8 Å². The first-order chi connectivity index (χ1) is 8.74. The van der Waals surface area contributed by atoms with Crippen molar-refractivity contribution < 1.29 is 14.3 Å². The van der Waals surface area contributed by atoms with Gasteiger partial charge >= 0.3 is 5.97 Å². The van der Waals surface area contributed by atoms with Gasteiger partial charge in [0.15, 0.2) is 0 Å². The van der Waals surface area contributed by atoms with Crippen molar-refractivity contribution in [1.82, 2.24) is 4.90 Å². The van der Waals surface area contributed by atoms with Crippen molar-refractivity contribution in [3.63, 3.8) is 0 Å². The Balaban J connectivity index is 1.89. The molecule has 0 amide bonds. The fraction of sp³-hybridized carbons (Fsp3) is 0.643. The fourth-order valence-electron chi connectivity index (χ4n) is 2.73. The molecule has 0 bridgehead atoms. The Labute approximate surface area is 108 Å². The lowest BCUT2D eigenvalue weighted by molar-refractivity contribution is -0.138. The lowest BCUT2D eigenvalue weighted by Gasteiger charge is -2.28. The third-order valence-corrected chi connectivity index (χ3v) is 3.56. The molecule has 0 spiro atoms. The molecule has 0 aliphatic heterocycles. The molecule has 0 atom stereocenters. The van der Waals surface area contributed by atoms with E-state index in [0.29, 0.717) is 12.5 Å². The lowest BCUT2D eigenvalue weighted by atomic mass is 9.89. The summed E-state index contributed by atoms with van der Waals surface area (Å²) in [6.45, 7) is 1.56. The number of hydrogen-bond donors (Lipinski definition) is 1. The number of furan rings is 1. The minimum atomic E-state index is -0.766. The van der Waals surface area contributed by atoms with Crippen molar-refractivity contribution in [3.05, 3.63) is 24.2 Å². The molecular formula is C14H21NO3. The quantitative estimate of drug-likeness (QED) is 0.844. The van der Waals surface area contributed by atoms with Crippen LogP contribution in [-0.2, 0) is 11.3 Å². The number of aliphatic carboxylic acids is 1. The van der Waals surface area contributed by atoms with Crippen molar-refractivity contribution in [2.75, 3.05) is 13.1 Å². The van der Waals surface area contributed by atoms with E-state index < -0.39 is 5.97 Å². The maximum atomic E-state index is 10.9. The molecule has 1 heterocycles. The van der Waals surface area contributed by atoms with E-state index in [0.717, 1.165) is 12.3 Å². The largest absolute Gasteiger partial charge is 0.480 e. The molecule has 1 aromatic heterocycles. The zero-order valence-electron chi connectivity index (χ0n) is 10.7. The van der Waals surface area contributed by atoms with Crippen molar-refractivity contribution in [1.29, 1.82) is 0 Å². The van der Waals surface area contributed by atoms with Gasteiger partial charge in [-0.2, -0.15) is 0 Å². The number of carbonyl (C=O) groups is 1. The van der Waals surface area contributed by atoms with Crippen LogP contribution < -0.4 is 0 Å². The summed E-state index contributed by atoms with van der Waals surface area (Å²) < 4.78 is 5.30. The highest BCUT2D eigenvalue weighted by molar-refractivity contribution is 5.69. The van der Waals surface area contributed by atoms with Gasteiger partial charge in [-0.3, -0.25) is 9.69 Å². The molecule has 1 aliphatic rings. The number of carboxylic acids is 1. The van der Waals surface area contributed by atoms with Gasteiger partial charge in [0, 0.05) is 6.54 Å². The molecule has 1 saturated carbocycles. The fourth-order valence-corrected chi connectivity index (χ4v) is 2.73. The van der Waals surface area contributed by atoms with Gasteiger partial charge in [0.05, 0.1) is 19.4 Å². The summed E-state index contributed by atoms with van der Waals surface area (Å²) in [5, 5.41) is 8.97. The second-order valence-electron chi connectivity index (χ2n) is 5.15. The second-order valence-corrected chi connectivity index (χ2v) is 5.15. The number of rotatable bonds is 6. The molecule has 1 fully saturated rings. The highest BCUT2D eigenvalue weighted by Gasteiger charge is 2.19. The molecule has 2 rings (SSSR count). The predicted octanol–water partition coefficient (Wildman–Crippen LogP) is 2.75. The van der Waals surface area contributed by atoms with Gasteiger partial charge in [-0.25, -0.2) is 0 Å². The first-order valence-corrected chi connectivity index (χ1v) is 6.70. The normalized spacial score (nSPS) is 17.2. The Morgan fingerprint density at radius 3 is 2.78 bits per heavy atom. The SMILES string of the molecule is O=C(O)CN(Cc1ccco1)CC1CCCCC1. The zero-order chi connectivity index (χ0) is 12.8. The van der Waals surface area contributed by atoms with E-state index in [4.69, 9.17) is 9.52 Å². The first kappa shape index (κ1) is 13.1. The van der Waals surface area contributed by atoms with E-state index in [9.17, 15) is 4.79 Å². The molecule has 18 heavy (non-hydrogen) atoms. The van der Waals surface area contributed by atoms with Crippen LogP contribution >= 0.6 is 0 Å². The molecule has 0 radical (unpaired) electrons. The summed E-state index contributed by atoms with van der Waals surface area (Å²) in [6.07, 6.45) is 7.99. The summed E-state index contributed by atoms with van der Waals surface area (Å²) in [4.78, 5) is 12.9. The molecule has 1 N–H and O–H groups in total. The zero-order valence-corrected chi connectivity index (χ0v) is 10.7. The van der Waals surface area contributed by atoms with E-state index >= 15 is 0 Å². The first-order valence-electron chi connectivity index (χ1n) is 6.70. The van der Waals surface area contributed by atoms with Crippen LogP contribution in [0, 0.1) is 5.92 Å². The number of nitrogens with zero attached hydrogens (tertiary/aromatic N) is 1. The van der Waals surface area contributed by atoms with Gasteiger partial charge < -0.3 is 9.52 Å². The van der Waals surface area contributed by atoms with Crippen LogP contribution in [0.3, 0.4) is 0 Å². The molecule has 4 nitrogen and oxygen atoms in total. The van der Waals surface area contributed by atoms with Crippen molar-refractivity contribution in [3.8, 4) is 0 Å². The van der Waals surface area contributed by atoms with Crippen molar-refractivity contribution >= 4 is 5.97 Å². The van der Waals surface area contributed by atoms with Crippen LogP contribution in [0.5, 0.6) is 0 Å². The van der Waals surface area contributed by atoms with E-state index in [2.05, 4.69) is 0 Å². The van der Waals surface area contributed by atoms with Crippen LogP contribution in [0.1, 0.15) is 37.9 Å². The molecule has 0 unspecified atom stereocenters. The minimum absolute atomic E-state index is 0.0944. The molecule has 1 aromatic rings. The Bertz CT molecular complexity index is 355. The molecule has 4 heteroatoms. The Kier molecular flexibility index (Phi) is 4.81. The number of carboxylic acid groups (broad SMARTS) is 1. The topological polar surface area (TPSA) is 53.7 Å². The summed E-state index contributed by atoms with van der Waals surface area (Å²) in [6, 6.07) is 3.74. The summed E-state index contributed by atoms with van der Waals surface area (Å²) in [5.41, 5.74) is 0. The molecule has 0 saturated heterocycles. The van der Waals surface area contributed by atoms with E-state index in [1.807, 2.05) is 17.0 Å². The summed E-state index contributed by atoms with van der Waals surface area (Å²) in [7, 11) is 0. The average molecular weight is 251 g/mol. The Hall–Kier alpha value is -1.29. The van der Waals surface area contributed by atoms with E-state index in [1.54, 1.807) is 6.26 Å². The highest BCUT2D eigenvalue weighted by Crippen LogP contribution is 2.24. The smallest absolute Gasteiger partial charge is 0.317 e. The Morgan fingerprint density at radius 1 is 1.39 bits per heavy atom. The maximum Gasteiger partial charge on any atom is 0.317 e. The van der Waals surface area contributed by atoms with Gasteiger partial charge in [0.25, 0.3) is 0 Å². The van der Waals surface area contributed by atoms with Crippen molar-refractivity contribution in [2.45, 2.75) is 38.6 Å². The third-order valence-electron chi connectivity index (χ3n) is 3.56. The molecular weight excluding hydrogens is 230 g/mol. The third kappa shape index (κ3) is 4.18. The summed E-state index contributed by atoms with van der Waals surface area (Å²) in [5.74, 6) is 0.720. The minimum Gasteiger partial charge on any atom is -0.480 e. The standard InChI is InChI=1S/C14H21NO3/c16-14(17)11-15(10-13-7-4-8-18-13)9-12-5-2-1-3-6-12/h4,7-8,12H,1-3,5-6,9-11H2,(H,16,17). The second kappa shape index (κ2) is 6.59. The van der Waals surface area contributed by atoms with E-state index in [-0.39, 0.29) is 6.54 Å². The van der Waals surface area contributed by atoms with Gasteiger partial charge in [-0.15, -0.1) is 0 Å². The average Bonchev–Trinajstić information content (AvgIpc) is 2.82. The molecule has 100 valence electrons. The van der Waals surface area contributed by atoms with Gasteiger partial charge in [0.2, 0.25) is 0 Å². The predicted molar refractivity (Wildman–Crippen MR) is 68.2 cm³/mol. The molecule has 1 aliphatic carbocycles. The highest BCUT2D eigenvalue weighted by atomic mass is 16.4. The monoisotopic (exact) mass is 251 g/mol. The maximum absolute atomic E-state index is 10.9. The van der Waals surface area contributed by atoms with E-state index in [1.165, 1.54) is 32.1 Å². The van der Waals surface area contributed by atoms with Gasteiger partial charge in [0.1, 0.15) is 5.76 Å². The lowest BCUT2D eigenvalue weighted by Crippen LogP contribution is -2.34. The van der Waals surface area contributed by atoms with Crippen LogP contribution in [0.2, 0.25) is 0 Å². The van der Waals surface area contributed by atoms with Gasteiger partial charge in [-0.1, -0.05) is 19.3 Å². The molecule has 0 aromatic carbocycles. The van der Waals surface area contributed by atoms with Crippen LogP contribution in [0.25, 0.3) is 0 Å². The van der Waals surface area contributed by atoms with Crippen LogP contribution in [-0.4, -0.2) is 29.1 Å². The Morgan fingerprint density at radius 2 is 2.17 bits per heavy atom. The van der Waals surface area contributed by atoms with Gasteiger partial charge in [-0.05, 0) is 30.9 Å². The van der Waals surface area contributed by atoms with Crippen molar-refractivity contribution in [2.24, 2.45) is 5.92 Å². The number of hydrogen-bond acceptors (Lipinski definition) is 3. The summed E-state index contributed by atoms with van der Waals surface area (Å²) >= 11 is 0.